The van der Waals surface area contributed by atoms with E-state index in [-0.39, 0.29) is 17.7 Å². The van der Waals surface area contributed by atoms with E-state index in [2.05, 4.69) is 43.9 Å². The topological polar surface area (TPSA) is 67.2 Å². The molecule has 1 aromatic carbocycles. The average molecular weight is 307 g/mol. The fourth-order valence-electron chi connectivity index (χ4n) is 1.62. The third-order valence-electron chi connectivity index (χ3n) is 4.03. The molecule has 116 valence electrons. The molecule has 0 aromatic heterocycles. The van der Waals surface area contributed by atoms with Gasteiger partial charge in [-0.05, 0) is 41.4 Å². The van der Waals surface area contributed by atoms with Crippen LogP contribution in [0.1, 0.15) is 32.4 Å². The standard InChI is InChI=1S/C15H25N3O2Si/c1-15(2,3)21(5,6)20-13-9-7-12(8-10-13)14(19-4)11-17-18-16/h7-10,14H,11H2,1-6H3/t14-/m1/s1. The van der Waals surface area contributed by atoms with Crippen molar-refractivity contribution in [3.8, 4) is 5.75 Å². The Kier molecular flexibility index (Phi) is 5.84. The summed E-state index contributed by atoms with van der Waals surface area (Å²) >= 11 is 0. The van der Waals surface area contributed by atoms with E-state index in [1.165, 1.54) is 0 Å². The number of benzene rings is 1. The van der Waals surface area contributed by atoms with E-state index >= 15 is 0 Å². The van der Waals surface area contributed by atoms with Crippen LogP contribution in [0.15, 0.2) is 29.4 Å². The highest BCUT2D eigenvalue weighted by Crippen LogP contribution is 2.37. The summed E-state index contributed by atoms with van der Waals surface area (Å²) in [6.07, 6.45) is -0.220. The smallest absolute Gasteiger partial charge is 0.250 e. The molecule has 0 aliphatic rings. The Labute approximate surface area is 128 Å². The van der Waals surface area contributed by atoms with Crippen molar-refractivity contribution in [3.63, 3.8) is 0 Å². The van der Waals surface area contributed by atoms with Crippen molar-refractivity contribution in [2.75, 3.05) is 13.7 Å². The largest absolute Gasteiger partial charge is 0.544 e. The Balaban J connectivity index is 2.85. The van der Waals surface area contributed by atoms with Crippen molar-refractivity contribution in [1.29, 1.82) is 0 Å². The van der Waals surface area contributed by atoms with Crippen molar-refractivity contribution < 1.29 is 9.16 Å². The molecule has 0 unspecified atom stereocenters. The molecule has 0 fully saturated rings. The summed E-state index contributed by atoms with van der Waals surface area (Å²) in [5.41, 5.74) is 9.37. The monoisotopic (exact) mass is 307 g/mol. The molecule has 0 radical (unpaired) electrons. The minimum absolute atomic E-state index is 0.169. The maximum absolute atomic E-state index is 8.39. The number of methoxy groups -OCH3 is 1. The molecular formula is C15H25N3O2Si. The number of nitrogens with zero attached hydrogens (tertiary/aromatic N) is 3. The van der Waals surface area contributed by atoms with Crippen LogP contribution in [0.5, 0.6) is 5.75 Å². The van der Waals surface area contributed by atoms with Crippen LogP contribution in [0.3, 0.4) is 0 Å². The molecule has 0 spiro atoms. The van der Waals surface area contributed by atoms with Gasteiger partial charge in [-0.15, -0.1) is 0 Å². The van der Waals surface area contributed by atoms with Gasteiger partial charge in [0, 0.05) is 12.0 Å². The second-order valence-electron chi connectivity index (χ2n) is 6.57. The molecule has 0 heterocycles. The molecule has 21 heavy (non-hydrogen) atoms. The van der Waals surface area contributed by atoms with Gasteiger partial charge in [-0.1, -0.05) is 38.0 Å². The van der Waals surface area contributed by atoms with Crippen molar-refractivity contribution in [2.45, 2.75) is 45.0 Å². The van der Waals surface area contributed by atoms with E-state index in [0.717, 1.165) is 11.3 Å². The second-order valence-corrected chi connectivity index (χ2v) is 11.3. The van der Waals surface area contributed by atoms with Gasteiger partial charge in [0.1, 0.15) is 5.75 Å². The number of hydrogen-bond acceptors (Lipinski definition) is 3. The Morgan fingerprint density at radius 1 is 1.24 bits per heavy atom. The van der Waals surface area contributed by atoms with Gasteiger partial charge >= 0.3 is 0 Å². The first kappa shape index (κ1) is 17.6. The molecule has 0 aliphatic heterocycles. The number of ether oxygens (including phenoxy) is 1. The van der Waals surface area contributed by atoms with Gasteiger partial charge in [0.15, 0.2) is 0 Å². The quantitative estimate of drug-likeness (QED) is 0.319. The predicted octanol–water partition coefficient (Wildman–Crippen LogP) is 5.07. The van der Waals surface area contributed by atoms with Crippen LogP contribution >= 0.6 is 0 Å². The fourth-order valence-corrected chi connectivity index (χ4v) is 2.66. The molecule has 6 heteroatoms. The summed E-state index contributed by atoms with van der Waals surface area (Å²) < 4.78 is 11.6. The molecule has 1 aromatic rings. The van der Waals surface area contributed by atoms with Crippen LogP contribution in [-0.2, 0) is 4.74 Å². The minimum Gasteiger partial charge on any atom is -0.544 e. The molecule has 0 amide bonds. The van der Waals surface area contributed by atoms with Crippen LogP contribution in [0.2, 0.25) is 18.1 Å². The average Bonchev–Trinajstić information content (AvgIpc) is 2.39. The molecule has 1 atom stereocenters. The Bertz CT molecular complexity index is 503. The zero-order chi connectivity index (χ0) is 16.1. The second kappa shape index (κ2) is 6.98. The molecule has 5 nitrogen and oxygen atoms in total. The number of rotatable bonds is 6. The lowest BCUT2D eigenvalue weighted by Crippen LogP contribution is -2.43. The molecule has 0 aliphatic carbocycles. The van der Waals surface area contributed by atoms with E-state index < -0.39 is 8.32 Å². The minimum atomic E-state index is -1.82. The summed E-state index contributed by atoms with van der Waals surface area (Å²) in [5, 5.41) is 3.73. The fraction of sp³-hybridized carbons (Fsp3) is 0.600. The molecular weight excluding hydrogens is 282 g/mol. The van der Waals surface area contributed by atoms with Gasteiger partial charge in [0.2, 0.25) is 8.32 Å². The first-order chi connectivity index (χ1) is 9.71. The van der Waals surface area contributed by atoms with Crippen molar-refractivity contribution >= 4 is 8.32 Å². The van der Waals surface area contributed by atoms with Crippen molar-refractivity contribution in [3.05, 3.63) is 40.3 Å². The van der Waals surface area contributed by atoms with Crippen LogP contribution < -0.4 is 4.43 Å². The van der Waals surface area contributed by atoms with Crippen LogP contribution in [0, 0.1) is 0 Å². The first-order valence-electron chi connectivity index (χ1n) is 7.04. The van der Waals surface area contributed by atoms with Gasteiger partial charge in [-0.25, -0.2) is 0 Å². The zero-order valence-corrected chi connectivity index (χ0v) is 14.8. The van der Waals surface area contributed by atoms with E-state index in [4.69, 9.17) is 14.7 Å². The Morgan fingerprint density at radius 3 is 2.24 bits per heavy atom. The maximum atomic E-state index is 8.39. The number of hydrogen-bond donors (Lipinski definition) is 0. The van der Waals surface area contributed by atoms with Crippen LogP contribution in [-0.4, -0.2) is 22.0 Å². The molecule has 0 N–H and O–H groups in total. The van der Waals surface area contributed by atoms with Crippen molar-refractivity contribution in [1.82, 2.24) is 0 Å². The Hall–Kier alpha value is -1.49. The molecule has 0 saturated heterocycles. The van der Waals surface area contributed by atoms with E-state index in [1.54, 1.807) is 7.11 Å². The van der Waals surface area contributed by atoms with E-state index in [1.807, 2.05) is 24.3 Å². The zero-order valence-electron chi connectivity index (χ0n) is 13.8. The first-order valence-corrected chi connectivity index (χ1v) is 9.94. The number of azide groups is 1. The van der Waals surface area contributed by atoms with Crippen LogP contribution in [0.4, 0.5) is 0 Å². The predicted molar refractivity (Wildman–Crippen MR) is 88.0 cm³/mol. The molecule has 0 bridgehead atoms. The summed E-state index contributed by atoms with van der Waals surface area (Å²) in [6, 6.07) is 7.84. The van der Waals surface area contributed by atoms with Gasteiger partial charge in [-0.2, -0.15) is 0 Å². The van der Waals surface area contributed by atoms with Gasteiger partial charge in [-0.3, -0.25) is 0 Å². The summed E-state index contributed by atoms with van der Waals surface area (Å²) in [4.78, 5) is 2.77. The highest BCUT2D eigenvalue weighted by molar-refractivity contribution is 6.74. The van der Waals surface area contributed by atoms with Gasteiger partial charge < -0.3 is 9.16 Å². The highest BCUT2D eigenvalue weighted by Gasteiger charge is 2.38. The van der Waals surface area contributed by atoms with Crippen LogP contribution in [0.25, 0.3) is 10.4 Å². The highest BCUT2D eigenvalue weighted by atomic mass is 28.4. The van der Waals surface area contributed by atoms with Gasteiger partial charge in [0.25, 0.3) is 0 Å². The Morgan fingerprint density at radius 2 is 1.81 bits per heavy atom. The van der Waals surface area contributed by atoms with Gasteiger partial charge in [0.05, 0.1) is 12.6 Å². The maximum Gasteiger partial charge on any atom is 0.250 e. The third kappa shape index (κ3) is 4.77. The summed E-state index contributed by atoms with van der Waals surface area (Å²) in [7, 11) is -0.209. The lowest BCUT2D eigenvalue weighted by molar-refractivity contribution is 0.110. The molecule has 0 saturated carbocycles. The molecule has 1 rings (SSSR count). The van der Waals surface area contributed by atoms with E-state index in [9.17, 15) is 0 Å². The summed E-state index contributed by atoms with van der Waals surface area (Å²) in [5.74, 6) is 0.879. The summed E-state index contributed by atoms with van der Waals surface area (Å²) in [6.45, 7) is 11.4. The lowest BCUT2D eigenvalue weighted by Gasteiger charge is -2.36. The lowest BCUT2D eigenvalue weighted by atomic mass is 10.1. The SMILES string of the molecule is CO[C@H](CN=[N+]=[N-])c1ccc(O[Si](C)(C)C(C)(C)C)cc1. The van der Waals surface area contributed by atoms with E-state index in [0.29, 0.717) is 0 Å². The third-order valence-corrected chi connectivity index (χ3v) is 8.38. The normalized spacial score (nSPS) is 13.4. The van der Waals surface area contributed by atoms with Crippen molar-refractivity contribution in [2.24, 2.45) is 5.11 Å².